The van der Waals surface area contributed by atoms with Crippen molar-refractivity contribution < 1.29 is 23.8 Å². The van der Waals surface area contributed by atoms with Crippen LogP contribution in [-0.2, 0) is 20.9 Å². The number of ether oxygens (including phenoxy) is 3. The molecule has 0 N–H and O–H groups in total. The molecule has 1 aromatic carbocycles. The average Bonchev–Trinajstić information content (AvgIpc) is 2.56. The summed E-state index contributed by atoms with van der Waals surface area (Å²) in [5.41, 5.74) is 1.33. The maximum atomic E-state index is 12.0. The molecule has 6 nitrogen and oxygen atoms in total. The second kappa shape index (κ2) is 6.98. The maximum Gasteiger partial charge on any atom is 0.335 e. The van der Waals surface area contributed by atoms with Crippen molar-refractivity contribution >= 4 is 11.9 Å². The van der Waals surface area contributed by atoms with E-state index < -0.39 is 5.97 Å². The summed E-state index contributed by atoms with van der Waals surface area (Å²) in [6.45, 7) is 0.326. The molecule has 0 spiro atoms. The van der Waals surface area contributed by atoms with Crippen molar-refractivity contribution in [1.82, 2.24) is 4.90 Å². The molecule has 0 saturated heterocycles. The summed E-state index contributed by atoms with van der Waals surface area (Å²) < 4.78 is 15.2. The quantitative estimate of drug-likeness (QED) is 0.777. The standard InChI is InChI=1S/C16H19NO5/c1-20-13-6-4-11(14(8-13)21-2)9-17-10-12(16(19)22-3)5-7-15(17)18/h4,6,8,10H,5,7,9H2,1-3H3. The van der Waals surface area contributed by atoms with E-state index in [9.17, 15) is 9.59 Å². The van der Waals surface area contributed by atoms with Gasteiger partial charge in [0.2, 0.25) is 5.91 Å². The highest BCUT2D eigenvalue weighted by Gasteiger charge is 2.23. The highest BCUT2D eigenvalue weighted by molar-refractivity contribution is 5.92. The third-order valence-electron chi connectivity index (χ3n) is 3.52. The van der Waals surface area contributed by atoms with Crippen LogP contribution in [0.3, 0.4) is 0 Å². The fourth-order valence-corrected chi connectivity index (χ4v) is 2.30. The number of nitrogens with zero attached hydrogens (tertiary/aromatic N) is 1. The lowest BCUT2D eigenvalue weighted by molar-refractivity contribution is -0.137. The molecule has 6 heteroatoms. The predicted octanol–water partition coefficient (Wildman–Crippen LogP) is 1.88. The molecule has 0 bridgehead atoms. The van der Waals surface area contributed by atoms with E-state index in [1.54, 1.807) is 32.6 Å². The Morgan fingerprint density at radius 3 is 2.59 bits per heavy atom. The van der Waals surface area contributed by atoms with Crippen molar-refractivity contribution in [3.8, 4) is 11.5 Å². The van der Waals surface area contributed by atoms with Gasteiger partial charge in [0.15, 0.2) is 0 Å². The topological polar surface area (TPSA) is 65.1 Å². The SMILES string of the molecule is COC(=O)C1=CN(Cc2ccc(OC)cc2OC)C(=O)CC1. The van der Waals surface area contributed by atoms with Crippen LogP contribution in [0, 0.1) is 0 Å². The van der Waals surface area contributed by atoms with E-state index in [-0.39, 0.29) is 5.91 Å². The van der Waals surface area contributed by atoms with Crippen LogP contribution < -0.4 is 9.47 Å². The zero-order chi connectivity index (χ0) is 16.1. The van der Waals surface area contributed by atoms with E-state index in [1.807, 2.05) is 6.07 Å². The molecule has 0 fully saturated rings. The minimum Gasteiger partial charge on any atom is -0.497 e. The molecular weight excluding hydrogens is 286 g/mol. The van der Waals surface area contributed by atoms with Crippen LogP contribution in [-0.4, -0.2) is 38.1 Å². The number of carbonyl (C=O) groups is 2. The van der Waals surface area contributed by atoms with E-state index in [0.29, 0.717) is 36.5 Å². The van der Waals surface area contributed by atoms with Gasteiger partial charge < -0.3 is 19.1 Å². The summed E-state index contributed by atoms with van der Waals surface area (Å²) in [4.78, 5) is 25.2. The number of benzene rings is 1. The first-order valence-electron chi connectivity index (χ1n) is 6.88. The summed E-state index contributed by atoms with van der Waals surface area (Å²) in [6.07, 6.45) is 2.25. The molecule has 22 heavy (non-hydrogen) atoms. The summed E-state index contributed by atoms with van der Waals surface area (Å²) >= 11 is 0. The largest absolute Gasteiger partial charge is 0.497 e. The Morgan fingerprint density at radius 1 is 1.18 bits per heavy atom. The summed E-state index contributed by atoms with van der Waals surface area (Å²) in [5, 5.41) is 0. The fraction of sp³-hybridized carbons (Fsp3) is 0.375. The minimum absolute atomic E-state index is 0.0366. The van der Waals surface area contributed by atoms with Gasteiger partial charge in [-0.15, -0.1) is 0 Å². The molecule has 1 heterocycles. The van der Waals surface area contributed by atoms with Gasteiger partial charge in [0.25, 0.3) is 0 Å². The van der Waals surface area contributed by atoms with Gasteiger partial charge in [0.1, 0.15) is 11.5 Å². The van der Waals surface area contributed by atoms with Crippen molar-refractivity contribution in [1.29, 1.82) is 0 Å². The number of esters is 1. The number of hydrogen-bond donors (Lipinski definition) is 0. The van der Waals surface area contributed by atoms with Crippen LogP contribution in [0.1, 0.15) is 18.4 Å². The lowest BCUT2D eigenvalue weighted by Gasteiger charge is -2.25. The van der Waals surface area contributed by atoms with E-state index in [4.69, 9.17) is 14.2 Å². The second-order valence-corrected chi connectivity index (χ2v) is 4.85. The predicted molar refractivity (Wildman–Crippen MR) is 79.4 cm³/mol. The summed E-state index contributed by atoms with van der Waals surface area (Å²) in [6, 6.07) is 5.40. The van der Waals surface area contributed by atoms with E-state index >= 15 is 0 Å². The van der Waals surface area contributed by atoms with Crippen molar-refractivity contribution in [2.75, 3.05) is 21.3 Å². The Kier molecular flexibility index (Phi) is 5.04. The molecule has 1 aliphatic heterocycles. The van der Waals surface area contributed by atoms with Crippen LogP contribution in [0.15, 0.2) is 30.0 Å². The van der Waals surface area contributed by atoms with Gasteiger partial charge in [0.05, 0.1) is 33.4 Å². The van der Waals surface area contributed by atoms with Crippen LogP contribution in [0.25, 0.3) is 0 Å². The number of rotatable bonds is 5. The average molecular weight is 305 g/mol. The Balaban J connectivity index is 2.24. The second-order valence-electron chi connectivity index (χ2n) is 4.85. The summed E-state index contributed by atoms with van der Waals surface area (Å²) in [7, 11) is 4.47. The molecule has 0 aromatic heterocycles. The fourth-order valence-electron chi connectivity index (χ4n) is 2.30. The molecule has 0 radical (unpaired) electrons. The van der Waals surface area contributed by atoms with Crippen molar-refractivity contribution in [3.63, 3.8) is 0 Å². The van der Waals surface area contributed by atoms with Gasteiger partial charge in [-0.3, -0.25) is 4.79 Å². The Bertz CT molecular complexity index is 609. The molecule has 1 amide bonds. The van der Waals surface area contributed by atoms with E-state index in [0.717, 1.165) is 5.56 Å². The van der Waals surface area contributed by atoms with Gasteiger partial charge in [-0.05, 0) is 18.6 Å². The zero-order valence-electron chi connectivity index (χ0n) is 12.9. The van der Waals surface area contributed by atoms with E-state index in [2.05, 4.69) is 0 Å². The number of amides is 1. The molecule has 0 aliphatic carbocycles. The third-order valence-corrected chi connectivity index (χ3v) is 3.52. The van der Waals surface area contributed by atoms with Crippen LogP contribution >= 0.6 is 0 Å². The molecule has 0 atom stereocenters. The van der Waals surface area contributed by atoms with Gasteiger partial charge in [0, 0.05) is 24.3 Å². The van der Waals surface area contributed by atoms with Crippen molar-refractivity contribution in [2.24, 2.45) is 0 Å². The number of hydrogen-bond acceptors (Lipinski definition) is 5. The van der Waals surface area contributed by atoms with Crippen molar-refractivity contribution in [2.45, 2.75) is 19.4 Å². The summed E-state index contributed by atoms with van der Waals surface area (Å²) in [5.74, 6) is 0.867. The lowest BCUT2D eigenvalue weighted by atomic mass is 10.1. The van der Waals surface area contributed by atoms with Gasteiger partial charge >= 0.3 is 5.97 Å². The minimum atomic E-state index is -0.404. The molecule has 118 valence electrons. The Morgan fingerprint density at radius 2 is 1.95 bits per heavy atom. The molecule has 0 unspecified atom stereocenters. The van der Waals surface area contributed by atoms with Gasteiger partial charge in [-0.25, -0.2) is 4.79 Å². The lowest BCUT2D eigenvalue weighted by Crippen LogP contribution is -2.30. The molecule has 1 aromatic rings. The molecular formula is C16H19NO5. The normalized spacial score (nSPS) is 14.4. The zero-order valence-corrected chi connectivity index (χ0v) is 12.9. The van der Waals surface area contributed by atoms with Gasteiger partial charge in [-0.1, -0.05) is 0 Å². The monoisotopic (exact) mass is 305 g/mol. The Hall–Kier alpha value is -2.50. The smallest absolute Gasteiger partial charge is 0.335 e. The Labute approximate surface area is 129 Å². The van der Waals surface area contributed by atoms with Crippen LogP contribution in [0.2, 0.25) is 0 Å². The van der Waals surface area contributed by atoms with Crippen molar-refractivity contribution in [3.05, 3.63) is 35.5 Å². The van der Waals surface area contributed by atoms with Crippen LogP contribution in [0.5, 0.6) is 11.5 Å². The first kappa shape index (κ1) is 15.9. The van der Waals surface area contributed by atoms with E-state index in [1.165, 1.54) is 12.0 Å². The highest BCUT2D eigenvalue weighted by atomic mass is 16.5. The highest BCUT2D eigenvalue weighted by Crippen LogP contribution is 2.27. The molecule has 1 aliphatic rings. The van der Waals surface area contributed by atoms with Gasteiger partial charge in [-0.2, -0.15) is 0 Å². The van der Waals surface area contributed by atoms with Crippen LogP contribution in [0.4, 0.5) is 0 Å². The molecule has 2 rings (SSSR count). The third kappa shape index (κ3) is 3.39. The number of methoxy groups -OCH3 is 3. The first-order valence-corrected chi connectivity index (χ1v) is 6.88. The molecule has 0 saturated carbocycles. The maximum absolute atomic E-state index is 12.0. The first-order chi connectivity index (χ1) is 10.6. The number of carbonyl (C=O) groups excluding carboxylic acids is 2.